The van der Waals surface area contributed by atoms with Crippen molar-refractivity contribution in [3.05, 3.63) is 57.5 Å². The third-order valence-electron chi connectivity index (χ3n) is 3.07. The molecule has 0 spiro atoms. The molecule has 0 saturated heterocycles. The number of hydrogen-bond donors (Lipinski definition) is 1. The van der Waals surface area contributed by atoms with Crippen molar-refractivity contribution in [3.63, 3.8) is 0 Å². The molecular formula is C14H9BrN4O3S. The van der Waals surface area contributed by atoms with Crippen molar-refractivity contribution < 1.29 is 13.2 Å². The summed E-state index contributed by atoms with van der Waals surface area (Å²) < 4.78 is 23.2. The predicted octanol–water partition coefficient (Wildman–Crippen LogP) is 1.15. The molecule has 1 amide bonds. The molecule has 0 radical (unpaired) electrons. The minimum atomic E-state index is -3.76. The maximum atomic E-state index is 11.9. The van der Waals surface area contributed by atoms with Gasteiger partial charge in [-0.05, 0) is 42.5 Å². The van der Waals surface area contributed by atoms with Crippen molar-refractivity contribution in [1.29, 1.82) is 0 Å². The van der Waals surface area contributed by atoms with Gasteiger partial charge in [-0.1, -0.05) is 15.9 Å². The molecule has 3 rings (SSSR count). The molecule has 1 heterocycles. The van der Waals surface area contributed by atoms with E-state index in [0.717, 1.165) is 4.47 Å². The first kappa shape index (κ1) is 15.7. The van der Waals surface area contributed by atoms with Gasteiger partial charge in [-0.15, -0.1) is 5.11 Å². The highest BCUT2D eigenvalue weighted by Gasteiger charge is 2.16. The van der Waals surface area contributed by atoms with Gasteiger partial charge in [0.05, 0.1) is 15.9 Å². The van der Waals surface area contributed by atoms with E-state index >= 15 is 0 Å². The Balaban J connectivity index is 1.99. The van der Waals surface area contributed by atoms with Crippen molar-refractivity contribution >= 4 is 43.2 Å². The van der Waals surface area contributed by atoms with E-state index in [1.807, 2.05) is 0 Å². The minimum absolute atomic E-state index is 0.0228. The second-order valence-electron chi connectivity index (χ2n) is 4.67. The van der Waals surface area contributed by atoms with E-state index in [2.05, 4.69) is 31.2 Å². The third kappa shape index (κ3) is 3.26. The molecule has 0 bridgehead atoms. The van der Waals surface area contributed by atoms with Crippen LogP contribution in [0.15, 0.2) is 67.1 Å². The lowest BCUT2D eigenvalue weighted by Crippen LogP contribution is -2.22. The van der Waals surface area contributed by atoms with Crippen molar-refractivity contribution in [2.75, 3.05) is 0 Å². The first-order valence-corrected chi connectivity index (χ1v) is 8.66. The van der Waals surface area contributed by atoms with Gasteiger partial charge in [-0.3, -0.25) is 4.79 Å². The predicted molar refractivity (Wildman–Crippen MR) is 85.7 cm³/mol. The molecule has 1 aliphatic rings. The topological polar surface area (TPSA) is 114 Å². The lowest BCUT2D eigenvalue weighted by molar-refractivity contribution is -0.112. The average molecular weight is 393 g/mol. The molecule has 23 heavy (non-hydrogen) atoms. The normalized spacial score (nSPS) is 14.2. The summed E-state index contributed by atoms with van der Waals surface area (Å²) >= 11 is 3.33. The molecule has 2 N–H and O–H groups in total. The monoisotopic (exact) mass is 392 g/mol. The zero-order valence-electron chi connectivity index (χ0n) is 11.5. The maximum absolute atomic E-state index is 11.9. The zero-order valence-corrected chi connectivity index (χ0v) is 13.9. The number of hydrogen-bond acceptors (Lipinski definition) is 5. The molecule has 0 unspecified atom stereocenters. The van der Waals surface area contributed by atoms with Crippen molar-refractivity contribution in [2.24, 2.45) is 20.4 Å². The molecular weight excluding hydrogens is 384 g/mol. The Labute approximate surface area is 139 Å². The summed E-state index contributed by atoms with van der Waals surface area (Å²) in [5.74, 6) is -0.469. The van der Waals surface area contributed by atoms with Crippen LogP contribution in [-0.2, 0) is 14.8 Å². The third-order valence-corrected chi connectivity index (χ3v) is 4.49. The Kier molecular flexibility index (Phi) is 3.92. The molecule has 0 aromatic heterocycles. The van der Waals surface area contributed by atoms with Crippen LogP contribution in [0.5, 0.6) is 0 Å². The highest BCUT2D eigenvalue weighted by atomic mass is 79.9. The average Bonchev–Trinajstić information content (AvgIpc) is 2.79. The number of carbonyl (C=O) groups excluding carboxylic acids is 1. The maximum Gasteiger partial charge on any atom is 0.298 e. The Hall–Kier alpha value is -2.23. The second-order valence-corrected chi connectivity index (χ2v) is 7.14. The number of rotatable bonds is 3. The van der Waals surface area contributed by atoms with Crippen LogP contribution in [0.1, 0.15) is 0 Å². The Morgan fingerprint density at radius 2 is 1.74 bits per heavy atom. The van der Waals surface area contributed by atoms with Crippen LogP contribution in [0, 0.1) is 0 Å². The van der Waals surface area contributed by atoms with Crippen LogP contribution >= 0.6 is 15.9 Å². The number of azo groups is 1. The van der Waals surface area contributed by atoms with Gasteiger partial charge in [0.2, 0.25) is 10.0 Å². The Bertz CT molecular complexity index is 1060. The molecule has 1 aliphatic heterocycles. The standard InChI is InChI=1S/C14H9BrN4O3S/c15-8-1-6-12-11(7-8)13(14(20)17-12)19-18-9-2-4-10(5-3-9)23(16,21)22/h1-7H,(H2,16,21,22)/b19-18+. The van der Waals surface area contributed by atoms with E-state index < -0.39 is 15.9 Å². The molecule has 7 nitrogen and oxygen atoms in total. The summed E-state index contributed by atoms with van der Waals surface area (Å²) in [6.07, 6.45) is 0. The smallest absolute Gasteiger partial charge is 0.265 e. The fourth-order valence-corrected chi connectivity index (χ4v) is 2.86. The Morgan fingerprint density at radius 1 is 1.04 bits per heavy atom. The Morgan fingerprint density at radius 3 is 2.39 bits per heavy atom. The first-order valence-electron chi connectivity index (χ1n) is 6.32. The minimum Gasteiger partial charge on any atom is -0.265 e. The number of carbonyl (C=O) groups is 1. The summed E-state index contributed by atoms with van der Waals surface area (Å²) in [7, 11) is -3.76. The summed E-state index contributed by atoms with van der Waals surface area (Å²) in [5.41, 5.74) is 0.526. The van der Waals surface area contributed by atoms with E-state index in [1.165, 1.54) is 24.3 Å². The van der Waals surface area contributed by atoms with Gasteiger partial charge in [0.1, 0.15) is 0 Å². The number of amides is 1. The SMILES string of the molecule is NS(=O)(=O)c1ccc(/N=N/C2=c3cc(Br)ccc3=NC2=O)cc1. The lowest BCUT2D eigenvalue weighted by atomic mass is 10.2. The molecule has 0 aliphatic carbocycles. The van der Waals surface area contributed by atoms with E-state index in [1.54, 1.807) is 18.2 Å². The number of nitrogens with zero attached hydrogens (tertiary/aromatic N) is 3. The first-order chi connectivity index (χ1) is 10.8. The fourth-order valence-electron chi connectivity index (χ4n) is 1.98. The number of nitrogens with two attached hydrogens (primary N) is 1. The van der Waals surface area contributed by atoms with E-state index in [4.69, 9.17) is 5.14 Å². The molecule has 9 heteroatoms. The van der Waals surface area contributed by atoms with Crippen LogP contribution in [0.3, 0.4) is 0 Å². The van der Waals surface area contributed by atoms with Gasteiger partial charge in [-0.2, -0.15) is 5.11 Å². The van der Waals surface area contributed by atoms with E-state index in [-0.39, 0.29) is 10.6 Å². The zero-order chi connectivity index (χ0) is 16.6. The van der Waals surface area contributed by atoms with Crippen LogP contribution in [0.4, 0.5) is 5.69 Å². The highest BCUT2D eigenvalue weighted by Crippen LogP contribution is 2.17. The van der Waals surface area contributed by atoms with Crippen LogP contribution in [0.25, 0.3) is 5.70 Å². The second kappa shape index (κ2) is 5.76. The summed E-state index contributed by atoms with van der Waals surface area (Å²) in [6.45, 7) is 0. The molecule has 116 valence electrons. The lowest BCUT2D eigenvalue weighted by Gasteiger charge is -1.97. The van der Waals surface area contributed by atoms with E-state index in [9.17, 15) is 13.2 Å². The summed E-state index contributed by atoms with van der Waals surface area (Å²) in [4.78, 5) is 15.7. The van der Waals surface area contributed by atoms with Crippen LogP contribution < -0.4 is 15.7 Å². The van der Waals surface area contributed by atoms with Gasteiger partial charge in [0.25, 0.3) is 5.91 Å². The van der Waals surface area contributed by atoms with Crippen molar-refractivity contribution in [3.8, 4) is 0 Å². The molecule has 2 aromatic carbocycles. The van der Waals surface area contributed by atoms with E-state index in [0.29, 0.717) is 16.3 Å². The summed E-state index contributed by atoms with van der Waals surface area (Å²) in [5, 5.41) is 14.0. The molecule has 2 aromatic rings. The highest BCUT2D eigenvalue weighted by molar-refractivity contribution is 9.10. The van der Waals surface area contributed by atoms with Crippen molar-refractivity contribution in [1.82, 2.24) is 0 Å². The van der Waals surface area contributed by atoms with Gasteiger partial charge in [0.15, 0.2) is 5.70 Å². The fraction of sp³-hybridized carbons (Fsp3) is 0. The number of primary sulfonamides is 1. The molecule has 0 atom stereocenters. The number of benzene rings is 2. The molecule has 0 fully saturated rings. The number of fused-ring (bicyclic) bond motifs is 1. The summed E-state index contributed by atoms with van der Waals surface area (Å²) in [6, 6.07) is 10.8. The van der Waals surface area contributed by atoms with Crippen molar-refractivity contribution in [2.45, 2.75) is 4.90 Å². The van der Waals surface area contributed by atoms with Gasteiger partial charge in [0, 0.05) is 9.69 Å². The van der Waals surface area contributed by atoms with Gasteiger partial charge >= 0.3 is 0 Å². The number of halogens is 1. The van der Waals surface area contributed by atoms with Gasteiger partial charge < -0.3 is 0 Å². The largest absolute Gasteiger partial charge is 0.298 e. The van der Waals surface area contributed by atoms with Crippen LogP contribution in [-0.4, -0.2) is 14.3 Å². The van der Waals surface area contributed by atoms with Crippen LogP contribution in [0.2, 0.25) is 0 Å². The quantitative estimate of drug-likeness (QED) is 0.789. The number of sulfonamides is 1. The van der Waals surface area contributed by atoms with Gasteiger partial charge in [-0.25, -0.2) is 18.5 Å². The molecule has 0 saturated carbocycles.